The van der Waals surface area contributed by atoms with E-state index in [1.54, 1.807) is 24.3 Å². The predicted octanol–water partition coefficient (Wildman–Crippen LogP) is -0.487. The molecule has 0 aliphatic heterocycles. The number of hydrogen-bond donors (Lipinski definition) is 3. The number of rotatable bonds is 6. The van der Waals surface area contributed by atoms with Crippen molar-refractivity contribution in [1.82, 2.24) is 5.32 Å². The van der Waals surface area contributed by atoms with Gasteiger partial charge in [-0.1, -0.05) is 30.3 Å². The molecular formula is C11H16NNaO6S. The van der Waals surface area contributed by atoms with E-state index in [1.165, 1.54) is 0 Å². The fourth-order valence-corrected chi connectivity index (χ4v) is 1.88. The summed E-state index contributed by atoms with van der Waals surface area (Å²) in [5, 5.41) is 11.4. The van der Waals surface area contributed by atoms with Crippen LogP contribution in [-0.2, 0) is 21.5 Å². The zero-order valence-corrected chi connectivity index (χ0v) is 10.8. The molecule has 9 heteroatoms. The second-order valence-electron chi connectivity index (χ2n) is 3.85. The molecule has 0 aliphatic carbocycles. The van der Waals surface area contributed by atoms with E-state index in [-0.39, 0.29) is 42.7 Å². The topological polar surface area (TPSA) is 113 Å². The van der Waals surface area contributed by atoms with Crippen molar-refractivity contribution < 1.29 is 27.6 Å². The van der Waals surface area contributed by atoms with Crippen molar-refractivity contribution in [2.45, 2.75) is 12.7 Å². The Morgan fingerprint density at radius 3 is 2.45 bits per heavy atom. The maximum absolute atomic E-state index is 11.2. The zero-order chi connectivity index (χ0) is 14.3. The number of aliphatic hydroxyl groups is 1. The van der Waals surface area contributed by atoms with E-state index in [9.17, 15) is 18.3 Å². The fourth-order valence-electron chi connectivity index (χ4n) is 1.28. The third-order valence-electron chi connectivity index (χ3n) is 2.10. The first kappa shape index (κ1) is 19.4. The predicted molar refractivity (Wildman–Crippen MR) is 74.2 cm³/mol. The number of carbonyl (C=O) groups is 1. The Bertz CT molecular complexity index is 507. The number of aliphatic hydroxyl groups excluding tert-OH is 1. The third kappa shape index (κ3) is 9.29. The van der Waals surface area contributed by atoms with Crippen LogP contribution >= 0.6 is 0 Å². The van der Waals surface area contributed by atoms with Crippen molar-refractivity contribution in [3.8, 4) is 0 Å². The number of alkyl carbamates (subject to hydrolysis) is 1. The van der Waals surface area contributed by atoms with Crippen LogP contribution in [0.1, 0.15) is 5.56 Å². The van der Waals surface area contributed by atoms with Crippen molar-refractivity contribution in [2.24, 2.45) is 0 Å². The van der Waals surface area contributed by atoms with Gasteiger partial charge < -0.3 is 15.2 Å². The van der Waals surface area contributed by atoms with E-state index in [2.05, 4.69) is 5.32 Å². The Morgan fingerprint density at radius 2 is 1.90 bits per heavy atom. The average Bonchev–Trinajstić information content (AvgIpc) is 2.33. The van der Waals surface area contributed by atoms with Gasteiger partial charge in [-0.25, -0.2) is 4.79 Å². The first-order chi connectivity index (χ1) is 8.87. The monoisotopic (exact) mass is 313 g/mol. The molecule has 0 aliphatic rings. The van der Waals surface area contributed by atoms with Gasteiger partial charge in [0.25, 0.3) is 10.1 Å². The van der Waals surface area contributed by atoms with Crippen molar-refractivity contribution in [3.05, 3.63) is 35.9 Å². The third-order valence-corrected chi connectivity index (χ3v) is 2.90. The van der Waals surface area contributed by atoms with Crippen LogP contribution in [0.5, 0.6) is 0 Å². The Kier molecular flexibility index (Phi) is 9.03. The number of ether oxygens (including phenoxy) is 1. The first-order valence-electron chi connectivity index (χ1n) is 5.44. The van der Waals surface area contributed by atoms with Crippen LogP contribution in [0.25, 0.3) is 0 Å². The van der Waals surface area contributed by atoms with Gasteiger partial charge in [-0.05, 0) is 5.56 Å². The molecule has 20 heavy (non-hydrogen) atoms. The number of hydrogen-bond acceptors (Lipinski definition) is 5. The van der Waals surface area contributed by atoms with Gasteiger partial charge in [0.1, 0.15) is 12.4 Å². The average molecular weight is 313 g/mol. The van der Waals surface area contributed by atoms with Crippen LogP contribution in [0, 0.1) is 0 Å². The molecule has 0 saturated heterocycles. The van der Waals surface area contributed by atoms with Gasteiger partial charge in [-0.3, -0.25) is 4.55 Å². The van der Waals surface area contributed by atoms with Crippen molar-refractivity contribution in [2.75, 3.05) is 12.3 Å². The van der Waals surface area contributed by atoms with E-state index in [4.69, 9.17) is 9.29 Å². The molecule has 1 amide bonds. The summed E-state index contributed by atoms with van der Waals surface area (Å²) in [6.07, 6.45) is -2.17. The van der Waals surface area contributed by atoms with Crippen molar-refractivity contribution in [3.63, 3.8) is 0 Å². The van der Waals surface area contributed by atoms with Gasteiger partial charge in [0.2, 0.25) is 0 Å². The number of nitrogens with one attached hydrogen (secondary N) is 1. The van der Waals surface area contributed by atoms with Gasteiger partial charge in [0.05, 0.1) is 6.10 Å². The summed E-state index contributed by atoms with van der Waals surface area (Å²) < 4.78 is 34.2. The van der Waals surface area contributed by atoms with Gasteiger partial charge >= 0.3 is 35.7 Å². The molecule has 7 nitrogen and oxygen atoms in total. The molecular weight excluding hydrogens is 297 g/mol. The molecule has 1 aromatic rings. The Morgan fingerprint density at radius 1 is 1.30 bits per heavy atom. The van der Waals surface area contributed by atoms with Gasteiger partial charge in [-0.2, -0.15) is 8.42 Å². The first-order valence-corrected chi connectivity index (χ1v) is 7.05. The van der Waals surface area contributed by atoms with Crippen LogP contribution in [0.15, 0.2) is 30.3 Å². The fraction of sp³-hybridized carbons (Fsp3) is 0.364. The second-order valence-corrected chi connectivity index (χ2v) is 5.34. The Labute approximate surface area is 139 Å². The molecule has 108 valence electrons. The van der Waals surface area contributed by atoms with E-state index in [0.29, 0.717) is 0 Å². The van der Waals surface area contributed by atoms with Gasteiger partial charge in [0.15, 0.2) is 0 Å². The summed E-state index contributed by atoms with van der Waals surface area (Å²) in [6, 6.07) is 8.98. The van der Waals surface area contributed by atoms with Crippen molar-refractivity contribution >= 4 is 45.8 Å². The molecule has 0 saturated carbocycles. The number of amides is 1. The summed E-state index contributed by atoms with van der Waals surface area (Å²) in [5.41, 5.74) is 0.802. The van der Waals surface area contributed by atoms with Gasteiger partial charge in [-0.15, -0.1) is 0 Å². The van der Waals surface area contributed by atoms with E-state index >= 15 is 0 Å². The van der Waals surface area contributed by atoms with Gasteiger partial charge in [0, 0.05) is 6.54 Å². The molecule has 1 rings (SSSR count). The Hall–Kier alpha value is -0.640. The van der Waals surface area contributed by atoms with E-state index in [0.717, 1.165) is 5.56 Å². The van der Waals surface area contributed by atoms with E-state index in [1.807, 2.05) is 6.07 Å². The van der Waals surface area contributed by atoms with E-state index < -0.39 is 28.1 Å². The summed E-state index contributed by atoms with van der Waals surface area (Å²) in [4.78, 5) is 11.2. The summed E-state index contributed by atoms with van der Waals surface area (Å²) in [5.74, 6) is -0.841. The molecule has 1 aromatic carbocycles. The Balaban J connectivity index is 0.00000361. The molecule has 0 heterocycles. The molecule has 0 radical (unpaired) electrons. The van der Waals surface area contributed by atoms with Crippen LogP contribution in [0.3, 0.4) is 0 Å². The molecule has 0 fully saturated rings. The molecule has 0 bridgehead atoms. The molecule has 1 unspecified atom stereocenters. The van der Waals surface area contributed by atoms with Crippen LogP contribution in [-0.4, -0.2) is 72.1 Å². The summed E-state index contributed by atoms with van der Waals surface area (Å²) in [7, 11) is -4.27. The maximum atomic E-state index is 11.2. The molecule has 1 atom stereocenters. The number of carbonyl (C=O) groups excluding carboxylic acids is 1. The molecule has 0 aromatic heterocycles. The normalized spacial score (nSPS) is 12.1. The van der Waals surface area contributed by atoms with Crippen LogP contribution < -0.4 is 5.32 Å². The SMILES string of the molecule is O=C(NCC(O)CS(=O)(=O)O)OCc1ccccc1.[NaH]. The zero-order valence-electron chi connectivity index (χ0n) is 10.0. The minimum atomic E-state index is -4.27. The summed E-state index contributed by atoms with van der Waals surface area (Å²) in [6.45, 7) is -0.255. The quantitative estimate of drug-likeness (QED) is 0.483. The van der Waals surface area contributed by atoms with Crippen LogP contribution in [0.2, 0.25) is 0 Å². The number of benzene rings is 1. The second kappa shape index (κ2) is 9.32. The van der Waals surface area contributed by atoms with Crippen LogP contribution in [0.4, 0.5) is 4.79 Å². The summed E-state index contributed by atoms with van der Waals surface area (Å²) >= 11 is 0. The van der Waals surface area contributed by atoms with Crippen molar-refractivity contribution in [1.29, 1.82) is 0 Å². The minimum absolute atomic E-state index is 0. The standard InChI is InChI=1S/C11H15NO6S.Na.H/c13-10(8-19(15,16)17)6-12-11(14)18-7-9-4-2-1-3-5-9;;/h1-5,10,13H,6-8H2,(H,12,14)(H,15,16,17);;. The molecule has 3 N–H and O–H groups in total. The molecule has 0 spiro atoms.